The number of hydrogen-bond acceptors (Lipinski definition) is 3. The normalized spacial score (nSPS) is 13.9. The number of halogens is 3. The summed E-state index contributed by atoms with van der Waals surface area (Å²) in [5, 5.41) is 1.27. The van der Waals surface area contributed by atoms with Gasteiger partial charge in [0.05, 0.1) is 28.3 Å². The first kappa shape index (κ1) is 26.3. The minimum atomic E-state index is -0.151. The summed E-state index contributed by atoms with van der Waals surface area (Å²) in [6.45, 7) is 2.21. The number of methoxy groups -OCH3 is 1. The zero-order valence-electron chi connectivity index (χ0n) is 19.9. The highest BCUT2D eigenvalue weighted by atomic mass is 35.5. The van der Waals surface area contributed by atoms with E-state index in [0.29, 0.717) is 52.4 Å². The zero-order valence-corrected chi connectivity index (χ0v) is 22.2. The van der Waals surface area contributed by atoms with Gasteiger partial charge in [-0.3, -0.25) is 9.59 Å². The number of rotatable bonds is 7. The van der Waals surface area contributed by atoms with E-state index in [1.807, 2.05) is 46.2 Å². The topological polar surface area (TPSA) is 49.9 Å². The number of likely N-dealkylation sites (tertiary alicyclic amines) is 1. The number of hydrogen-bond donors (Lipinski definition) is 0. The largest absolute Gasteiger partial charge is 0.497 e. The lowest BCUT2D eigenvalue weighted by atomic mass is 9.95. The maximum absolute atomic E-state index is 13.6. The molecule has 36 heavy (non-hydrogen) atoms. The van der Waals surface area contributed by atoms with Gasteiger partial charge in [-0.25, -0.2) is 0 Å². The van der Waals surface area contributed by atoms with Gasteiger partial charge in [0.15, 0.2) is 0 Å². The van der Waals surface area contributed by atoms with E-state index in [1.54, 1.807) is 37.4 Å². The van der Waals surface area contributed by atoms with Crippen LogP contribution in [-0.4, -0.2) is 48.4 Å². The van der Waals surface area contributed by atoms with Crippen molar-refractivity contribution in [3.8, 4) is 5.75 Å². The molecule has 0 aromatic heterocycles. The lowest BCUT2D eigenvalue weighted by molar-refractivity contribution is 0.0600. The molecule has 1 aliphatic rings. The Morgan fingerprint density at radius 1 is 0.917 bits per heavy atom. The van der Waals surface area contributed by atoms with Crippen LogP contribution in [-0.2, 0) is 6.54 Å². The third kappa shape index (κ3) is 6.33. The highest BCUT2D eigenvalue weighted by molar-refractivity contribution is 6.36. The maximum atomic E-state index is 13.6. The van der Waals surface area contributed by atoms with E-state index in [4.69, 9.17) is 39.5 Å². The summed E-state index contributed by atoms with van der Waals surface area (Å²) in [4.78, 5) is 30.2. The number of ether oxygens (including phenoxy) is 1. The van der Waals surface area contributed by atoms with Crippen LogP contribution in [0.2, 0.25) is 15.1 Å². The summed E-state index contributed by atoms with van der Waals surface area (Å²) in [6.07, 6.45) is 1.58. The SMILES string of the molecule is COc1ccc(CN(CC2CCN(C(=O)c3ccccc3Cl)CC2)C(=O)c2ccc(Cl)cc2Cl)cc1. The van der Waals surface area contributed by atoms with Gasteiger partial charge >= 0.3 is 0 Å². The Labute approximate surface area is 226 Å². The summed E-state index contributed by atoms with van der Waals surface area (Å²) in [5.74, 6) is 0.793. The second kappa shape index (κ2) is 12.0. The van der Waals surface area contributed by atoms with Crippen LogP contribution in [0.15, 0.2) is 66.7 Å². The summed E-state index contributed by atoms with van der Waals surface area (Å²) in [6, 6.07) is 19.7. The molecule has 1 saturated heterocycles. The molecule has 5 nitrogen and oxygen atoms in total. The second-order valence-electron chi connectivity index (χ2n) is 8.87. The Morgan fingerprint density at radius 2 is 1.61 bits per heavy atom. The van der Waals surface area contributed by atoms with Gasteiger partial charge in [-0.1, -0.05) is 59.1 Å². The molecule has 0 spiro atoms. The molecule has 0 unspecified atom stereocenters. The Morgan fingerprint density at radius 3 is 2.25 bits per heavy atom. The number of amides is 2. The fourth-order valence-electron chi connectivity index (χ4n) is 4.44. The standard InChI is InChI=1S/C28H27Cl3N2O3/c1-36-22-9-6-19(7-10-22)17-33(28(35)24-11-8-21(29)16-26(24)31)18-20-12-14-32(15-13-20)27(34)23-4-2-3-5-25(23)30/h2-11,16,20H,12-15,17-18H2,1H3. The second-order valence-corrected chi connectivity index (χ2v) is 10.1. The van der Waals surface area contributed by atoms with Gasteiger partial charge in [-0.15, -0.1) is 0 Å². The highest BCUT2D eigenvalue weighted by Gasteiger charge is 2.28. The van der Waals surface area contributed by atoms with Crippen molar-refractivity contribution in [3.63, 3.8) is 0 Å². The molecule has 188 valence electrons. The van der Waals surface area contributed by atoms with Crippen molar-refractivity contribution in [2.45, 2.75) is 19.4 Å². The van der Waals surface area contributed by atoms with Crippen molar-refractivity contribution < 1.29 is 14.3 Å². The van der Waals surface area contributed by atoms with Gasteiger partial charge in [-0.05, 0) is 66.8 Å². The quantitative estimate of drug-likeness (QED) is 0.326. The number of nitrogens with zero attached hydrogens (tertiary/aromatic N) is 2. The van der Waals surface area contributed by atoms with Crippen LogP contribution < -0.4 is 4.74 Å². The number of carbonyl (C=O) groups is 2. The summed E-state index contributed by atoms with van der Waals surface area (Å²) < 4.78 is 5.26. The van der Waals surface area contributed by atoms with Crippen LogP contribution in [0.1, 0.15) is 39.1 Å². The molecule has 1 heterocycles. The Hall–Kier alpha value is -2.73. The molecule has 0 saturated carbocycles. The number of benzene rings is 3. The van der Waals surface area contributed by atoms with Gasteiger partial charge in [0.25, 0.3) is 11.8 Å². The molecular formula is C28H27Cl3N2O3. The molecular weight excluding hydrogens is 519 g/mol. The molecule has 0 N–H and O–H groups in total. The molecule has 2 amide bonds. The maximum Gasteiger partial charge on any atom is 0.255 e. The molecule has 3 aromatic carbocycles. The monoisotopic (exact) mass is 544 g/mol. The summed E-state index contributed by atoms with van der Waals surface area (Å²) in [7, 11) is 1.62. The van der Waals surface area contributed by atoms with Crippen LogP contribution in [0, 0.1) is 5.92 Å². The molecule has 0 aliphatic carbocycles. The first-order chi connectivity index (χ1) is 17.4. The van der Waals surface area contributed by atoms with Crippen LogP contribution in [0.25, 0.3) is 0 Å². The Balaban J connectivity index is 1.47. The average molecular weight is 546 g/mol. The fraction of sp³-hybridized carbons (Fsp3) is 0.286. The third-order valence-electron chi connectivity index (χ3n) is 6.47. The van der Waals surface area contributed by atoms with Crippen molar-refractivity contribution in [2.75, 3.05) is 26.7 Å². The van der Waals surface area contributed by atoms with Crippen molar-refractivity contribution in [2.24, 2.45) is 5.92 Å². The smallest absolute Gasteiger partial charge is 0.255 e. The van der Waals surface area contributed by atoms with E-state index in [2.05, 4.69) is 0 Å². The van der Waals surface area contributed by atoms with E-state index in [0.717, 1.165) is 24.2 Å². The molecule has 4 rings (SSSR count). The Kier molecular flexibility index (Phi) is 8.78. The van der Waals surface area contributed by atoms with Crippen molar-refractivity contribution in [3.05, 3.63) is 98.5 Å². The van der Waals surface area contributed by atoms with Gasteiger partial charge in [-0.2, -0.15) is 0 Å². The first-order valence-corrected chi connectivity index (χ1v) is 12.9. The molecule has 0 bridgehead atoms. The van der Waals surface area contributed by atoms with Gasteiger partial charge in [0.1, 0.15) is 5.75 Å². The number of carbonyl (C=O) groups excluding carboxylic acids is 2. The minimum absolute atomic E-state index is 0.0573. The lowest BCUT2D eigenvalue weighted by Gasteiger charge is -2.35. The summed E-state index contributed by atoms with van der Waals surface area (Å²) >= 11 is 18.7. The van der Waals surface area contributed by atoms with E-state index in [9.17, 15) is 9.59 Å². The first-order valence-electron chi connectivity index (χ1n) is 11.8. The van der Waals surface area contributed by atoms with Gasteiger partial charge < -0.3 is 14.5 Å². The van der Waals surface area contributed by atoms with Gasteiger partial charge in [0.2, 0.25) is 0 Å². The van der Waals surface area contributed by atoms with E-state index in [1.165, 1.54) is 0 Å². The zero-order chi connectivity index (χ0) is 25.7. The minimum Gasteiger partial charge on any atom is -0.497 e. The molecule has 0 radical (unpaired) electrons. The molecule has 8 heteroatoms. The highest BCUT2D eigenvalue weighted by Crippen LogP contribution is 2.27. The van der Waals surface area contributed by atoms with Crippen molar-refractivity contribution in [1.82, 2.24) is 9.80 Å². The predicted octanol–water partition coefficient (Wildman–Crippen LogP) is 6.85. The molecule has 3 aromatic rings. The van der Waals surface area contributed by atoms with E-state index < -0.39 is 0 Å². The van der Waals surface area contributed by atoms with Crippen LogP contribution in [0.3, 0.4) is 0 Å². The molecule has 1 fully saturated rings. The third-order valence-corrected chi connectivity index (χ3v) is 7.34. The Bertz CT molecular complexity index is 1220. The molecule has 0 atom stereocenters. The van der Waals surface area contributed by atoms with Crippen LogP contribution in [0.5, 0.6) is 5.75 Å². The lowest BCUT2D eigenvalue weighted by Crippen LogP contribution is -2.43. The molecule has 1 aliphatic heterocycles. The van der Waals surface area contributed by atoms with Crippen LogP contribution in [0.4, 0.5) is 0 Å². The van der Waals surface area contributed by atoms with E-state index >= 15 is 0 Å². The van der Waals surface area contributed by atoms with Gasteiger partial charge in [0, 0.05) is 31.2 Å². The van der Waals surface area contributed by atoms with Crippen LogP contribution >= 0.6 is 34.8 Å². The average Bonchev–Trinajstić information content (AvgIpc) is 2.89. The summed E-state index contributed by atoms with van der Waals surface area (Å²) in [5.41, 5.74) is 1.92. The predicted molar refractivity (Wildman–Crippen MR) is 144 cm³/mol. The van der Waals surface area contributed by atoms with Crippen molar-refractivity contribution in [1.29, 1.82) is 0 Å². The number of piperidine rings is 1. The van der Waals surface area contributed by atoms with Crippen molar-refractivity contribution >= 4 is 46.6 Å². The fourth-order valence-corrected chi connectivity index (χ4v) is 5.15. The van der Waals surface area contributed by atoms with E-state index in [-0.39, 0.29) is 17.7 Å².